The molecule has 0 aliphatic heterocycles. The number of aromatic nitrogens is 2. The number of nitrogens with two attached hydrogens (primary N) is 1. The highest BCUT2D eigenvalue weighted by Gasteiger charge is 2.21. The topological polar surface area (TPSA) is 76.9 Å². The largest absolute Gasteiger partial charge is 0.495 e. The van der Waals surface area contributed by atoms with Crippen LogP contribution >= 0.6 is 0 Å². The zero-order chi connectivity index (χ0) is 15.4. The van der Waals surface area contributed by atoms with Gasteiger partial charge in [0.2, 0.25) is 0 Å². The minimum Gasteiger partial charge on any atom is -0.495 e. The highest BCUT2D eigenvalue weighted by Crippen LogP contribution is 2.31. The number of benzene rings is 1. The minimum absolute atomic E-state index is 0.170. The average Bonchev–Trinajstić information content (AvgIpc) is 2.95. The fraction of sp³-hybridized carbons (Fsp3) is 0.375. The van der Waals surface area contributed by atoms with E-state index >= 15 is 0 Å². The zero-order valence-electron chi connectivity index (χ0n) is 12.6. The molecule has 0 aliphatic carbocycles. The van der Waals surface area contributed by atoms with Crippen LogP contribution in [0.4, 0.5) is 0 Å². The normalized spacial score (nSPS) is 12.2. The fourth-order valence-electron chi connectivity index (χ4n) is 2.53. The van der Waals surface area contributed by atoms with Gasteiger partial charge in [0.1, 0.15) is 17.5 Å². The lowest BCUT2D eigenvalue weighted by molar-refractivity contribution is 0.411. The third-order valence-corrected chi connectivity index (χ3v) is 3.69. The maximum absolute atomic E-state index is 9.37. The summed E-state index contributed by atoms with van der Waals surface area (Å²) in [5, 5.41) is 9.37. The van der Waals surface area contributed by atoms with E-state index in [1.54, 1.807) is 25.6 Å². The summed E-state index contributed by atoms with van der Waals surface area (Å²) in [5.74, 6) is 1.20. The second-order valence-corrected chi connectivity index (χ2v) is 5.24. The second kappa shape index (κ2) is 6.42. The van der Waals surface area contributed by atoms with Gasteiger partial charge in [-0.25, -0.2) is 4.98 Å². The molecule has 0 spiro atoms. The van der Waals surface area contributed by atoms with Crippen LogP contribution in [0, 0.1) is 17.2 Å². The Hall–Kier alpha value is -2.32. The lowest BCUT2D eigenvalue weighted by atomic mass is 9.92. The first kappa shape index (κ1) is 15.1. The Balaban J connectivity index is 2.65. The molecule has 5 heteroatoms. The number of para-hydroxylation sites is 1. The van der Waals surface area contributed by atoms with Crippen molar-refractivity contribution in [2.75, 3.05) is 13.7 Å². The molecular weight excluding hydrogens is 264 g/mol. The van der Waals surface area contributed by atoms with E-state index in [1.807, 2.05) is 16.8 Å². The standard InChI is InChI=1S/C16H20N4O/c1-11(2)13(8-18)14-9-19-10-20(14)16-12(7-17)5-4-6-15(16)21-3/h4-6,9-11,13H,8,18H2,1-3H3. The van der Waals surface area contributed by atoms with Gasteiger partial charge in [0, 0.05) is 24.4 Å². The van der Waals surface area contributed by atoms with Gasteiger partial charge in [0.15, 0.2) is 0 Å². The van der Waals surface area contributed by atoms with Gasteiger partial charge in [-0.05, 0) is 18.1 Å². The lowest BCUT2D eigenvalue weighted by Gasteiger charge is -2.22. The molecule has 1 unspecified atom stereocenters. The van der Waals surface area contributed by atoms with Crippen LogP contribution in [0.2, 0.25) is 0 Å². The molecule has 1 atom stereocenters. The van der Waals surface area contributed by atoms with Crippen molar-refractivity contribution in [1.82, 2.24) is 9.55 Å². The van der Waals surface area contributed by atoms with Gasteiger partial charge in [0.25, 0.3) is 0 Å². The van der Waals surface area contributed by atoms with Crippen LogP contribution in [-0.2, 0) is 0 Å². The van der Waals surface area contributed by atoms with Crippen LogP contribution in [-0.4, -0.2) is 23.2 Å². The van der Waals surface area contributed by atoms with Crippen molar-refractivity contribution in [3.05, 3.63) is 42.0 Å². The molecule has 0 saturated heterocycles. The molecule has 0 fully saturated rings. The molecule has 0 saturated carbocycles. The van der Waals surface area contributed by atoms with Gasteiger partial charge < -0.3 is 10.5 Å². The molecule has 0 amide bonds. The number of hydrogen-bond acceptors (Lipinski definition) is 4. The van der Waals surface area contributed by atoms with E-state index < -0.39 is 0 Å². The van der Waals surface area contributed by atoms with Crippen LogP contribution in [0.1, 0.15) is 31.0 Å². The van der Waals surface area contributed by atoms with Crippen molar-refractivity contribution in [2.24, 2.45) is 11.7 Å². The number of rotatable bonds is 5. The summed E-state index contributed by atoms with van der Waals surface area (Å²) >= 11 is 0. The molecule has 0 radical (unpaired) electrons. The Morgan fingerprint density at radius 2 is 2.19 bits per heavy atom. The third kappa shape index (κ3) is 2.76. The molecule has 2 rings (SSSR count). The monoisotopic (exact) mass is 284 g/mol. The number of hydrogen-bond donors (Lipinski definition) is 1. The predicted molar refractivity (Wildman–Crippen MR) is 81.5 cm³/mol. The van der Waals surface area contributed by atoms with E-state index in [1.165, 1.54) is 0 Å². The fourth-order valence-corrected chi connectivity index (χ4v) is 2.53. The highest BCUT2D eigenvalue weighted by molar-refractivity contribution is 5.58. The molecule has 1 heterocycles. The molecule has 2 N–H and O–H groups in total. The van der Waals surface area contributed by atoms with E-state index in [2.05, 4.69) is 24.9 Å². The number of imidazole rings is 1. The van der Waals surface area contributed by atoms with Gasteiger partial charge in [-0.1, -0.05) is 19.9 Å². The van der Waals surface area contributed by atoms with E-state index in [0.29, 0.717) is 29.5 Å². The third-order valence-electron chi connectivity index (χ3n) is 3.69. The van der Waals surface area contributed by atoms with Crippen molar-refractivity contribution >= 4 is 0 Å². The summed E-state index contributed by atoms with van der Waals surface area (Å²) in [5.41, 5.74) is 8.18. The van der Waals surface area contributed by atoms with Gasteiger partial charge in [-0.15, -0.1) is 0 Å². The van der Waals surface area contributed by atoms with Crippen molar-refractivity contribution in [1.29, 1.82) is 5.26 Å². The van der Waals surface area contributed by atoms with Crippen LogP contribution in [0.25, 0.3) is 5.69 Å². The van der Waals surface area contributed by atoms with Gasteiger partial charge in [0.05, 0.1) is 19.0 Å². The van der Waals surface area contributed by atoms with E-state index in [-0.39, 0.29) is 5.92 Å². The molecule has 1 aromatic heterocycles. The SMILES string of the molecule is COc1cccc(C#N)c1-n1cncc1C(CN)C(C)C. The zero-order valence-corrected chi connectivity index (χ0v) is 12.6. The quantitative estimate of drug-likeness (QED) is 0.915. The van der Waals surface area contributed by atoms with Crippen molar-refractivity contribution < 1.29 is 4.74 Å². The average molecular weight is 284 g/mol. The maximum atomic E-state index is 9.37. The summed E-state index contributed by atoms with van der Waals surface area (Å²) in [6.07, 6.45) is 3.52. The van der Waals surface area contributed by atoms with E-state index in [4.69, 9.17) is 10.5 Å². The second-order valence-electron chi connectivity index (χ2n) is 5.24. The summed E-state index contributed by atoms with van der Waals surface area (Å²) in [7, 11) is 1.60. The first-order valence-electron chi connectivity index (χ1n) is 6.93. The number of methoxy groups -OCH3 is 1. The summed E-state index contributed by atoms with van der Waals surface area (Å²) in [6.45, 7) is 4.78. The van der Waals surface area contributed by atoms with E-state index in [0.717, 1.165) is 5.69 Å². The molecule has 21 heavy (non-hydrogen) atoms. The molecule has 0 bridgehead atoms. The first-order valence-corrected chi connectivity index (χ1v) is 6.93. The molecule has 2 aromatic rings. The van der Waals surface area contributed by atoms with Gasteiger partial charge >= 0.3 is 0 Å². The van der Waals surface area contributed by atoms with Crippen molar-refractivity contribution in [2.45, 2.75) is 19.8 Å². The number of nitriles is 1. The molecule has 5 nitrogen and oxygen atoms in total. The predicted octanol–water partition coefficient (Wildman–Crippen LogP) is 2.45. The Morgan fingerprint density at radius 3 is 2.76 bits per heavy atom. The summed E-state index contributed by atoms with van der Waals surface area (Å²) in [4.78, 5) is 4.24. The highest BCUT2D eigenvalue weighted by atomic mass is 16.5. The van der Waals surface area contributed by atoms with Crippen LogP contribution in [0.5, 0.6) is 5.75 Å². The number of ether oxygens (including phenoxy) is 1. The summed E-state index contributed by atoms with van der Waals surface area (Å²) in [6, 6.07) is 7.63. The Morgan fingerprint density at radius 1 is 1.43 bits per heavy atom. The van der Waals surface area contributed by atoms with Crippen molar-refractivity contribution in [3.63, 3.8) is 0 Å². The first-order chi connectivity index (χ1) is 10.1. The molecule has 0 aliphatic rings. The van der Waals surface area contributed by atoms with Crippen LogP contribution in [0.15, 0.2) is 30.7 Å². The summed E-state index contributed by atoms with van der Waals surface area (Å²) < 4.78 is 7.32. The Bertz CT molecular complexity index is 655. The Kier molecular flexibility index (Phi) is 4.61. The van der Waals surface area contributed by atoms with E-state index in [9.17, 15) is 5.26 Å². The molecule has 1 aromatic carbocycles. The van der Waals surface area contributed by atoms with Gasteiger partial charge in [-0.3, -0.25) is 4.57 Å². The minimum atomic E-state index is 0.170. The van der Waals surface area contributed by atoms with Crippen LogP contribution in [0.3, 0.4) is 0 Å². The van der Waals surface area contributed by atoms with Crippen molar-refractivity contribution in [3.8, 4) is 17.5 Å². The maximum Gasteiger partial charge on any atom is 0.144 e. The Labute approximate surface area is 125 Å². The number of nitrogens with zero attached hydrogens (tertiary/aromatic N) is 3. The molecular formula is C16H20N4O. The smallest absolute Gasteiger partial charge is 0.144 e. The lowest BCUT2D eigenvalue weighted by Crippen LogP contribution is -2.20. The van der Waals surface area contributed by atoms with Crippen LogP contribution < -0.4 is 10.5 Å². The van der Waals surface area contributed by atoms with Gasteiger partial charge in [-0.2, -0.15) is 5.26 Å². The molecule has 110 valence electrons.